The number of aryl methyl sites for hydroxylation is 1. The van der Waals surface area contributed by atoms with Crippen LogP contribution in [0.15, 0.2) is 42.6 Å². The number of nitrogens with one attached hydrogen (secondary N) is 1. The van der Waals surface area contributed by atoms with Gasteiger partial charge in [-0.1, -0.05) is 18.2 Å². The molecule has 1 heterocycles. The van der Waals surface area contributed by atoms with Gasteiger partial charge in [0, 0.05) is 22.7 Å². The predicted molar refractivity (Wildman–Crippen MR) is 103 cm³/mol. The van der Waals surface area contributed by atoms with E-state index in [1.165, 1.54) is 6.20 Å². The molecule has 0 aliphatic heterocycles. The highest BCUT2D eigenvalue weighted by atomic mass is 32.2. The van der Waals surface area contributed by atoms with E-state index in [2.05, 4.69) is 4.72 Å². The van der Waals surface area contributed by atoms with Crippen molar-refractivity contribution in [2.75, 3.05) is 11.0 Å². The minimum Gasteiger partial charge on any atom is -0.494 e. The zero-order valence-corrected chi connectivity index (χ0v) is 16.2. The summed E-state index contributed by atoms with van der Waals surface area (Å²) in [6, 6.07) is 8.22. The lowest BCUT2D eigenvalue weighted by Crippen LogP contribution is -2.22. The molecular formula is C19H19F3N2O3S. The normalized spacial score (nSPS) is 13.6. The van der Waals surface area contributed by atoms with Crippen molar-refractivity contribution in [1.82, 2.24) is 4.57 Å². The molecule has 0 aliphatic carbocycles. The molecule has 2 aromatic carbocycles. The fourth-order valence-corrected chi connectivity index (χ4v) is 3.71. The van der Waals surface area contributed by atoms with Gasteiger partial charge in [-0.2, -0.15) is 13.2 Å². The zero-order chi connectivity index (χ0) is 20.9. The molecule has 3 aromatic rings. The van der Waals surface area contributed by atoms with Crippen LogP contribution < -0.4 is 4.72 Å². The standard InChI is InChI=1S/C19H19F3N2O3S/c1-11-7-14(13-5-4-6-16(9-13)23-28(3,26)27)8-15-10-24(18(25)17(11)15)12(2)19(20,21)22/h4-10,12,23,25H,1-3H3/t12-/m0/s1. The van der Waals surface area contributed by atoms with Crippen molar-refractivity contribution in [3.05, 3.63) is 48.2 Å². The average Bonchev–Trinajstić information content (AvgIpc) is 2.89. The minimum absolute atomic E-state index is 0.352. The first kappa shape index (κ1) is 20.1. The Morgan fingerprint density at radius 3 is 2.43 bits per heavy atom. The Kier molecular flexibility index (Phi) is 4.82. The average molecular weight is 412 g/mol. The summed E-state index contributed by atoms with van der Waals surface area (Å²) in [4.78, 5) is 0. The summed E-state index contributed by atoms with van der Waals surface area (Å²) >= 11 is 0. The van der Waals surface area contributed by atoms with Crippen molar-refractivity contribution >= 4 is 26.5 Å². The highest BCUT2D eigenvalue weighted by Gasteiger charge is 2.38. The third-order valence-corrected chi connectivity index (χ3v) is 5.11. The van der Waals surface area contributed by atoms with Gasteiger partial charge >= 0.3 is 6.18 Å². The smallest absolute Gasteiger partial charge is 0.408 e. The molecule has 0 bridgehead atoms. The van der Waals surface area contributed by atoms with Crippen molar-refractivity contribution in [3.63, 3.8) is 0 Å². The number of benzene rings is 2. The van der Waals surface area contributed by atoms with Crippen LogP contribution >= 0.6 is 0 Å². The maximum absolute atomic E-state index is 13.1. The first-order valence-electron chi connectivity index (χ1n) is 8.36. The summed E-state index contributed by atoms with van der Waals surface area (Å²) in [6.07, 6.45) is -2.17. The van der Waals surface area contributed by atoms with Crippen LogP contribution in [-0.2, 0) is 10.0 Å². The summed E-state index contributed by atoms with van der Waals surface area (Å²) in [5.74, 6) is -0.434. The van der Waals surface area contributed by atoms with Gasteiger partial charge < -0.3 is 9.67 Å². The molecule has 0 saturated carbocycles. The fraction of sp³-hybridized carbons (Fsp3) is 0.263. The van der Waals surface area contributed by atoms with Crippen LogP contribution in [0.5, 0.6) is 5.88 Å². The van der Waals surface area contributed by atoms with E-state index in [9.17, 15) is 26.7 Å². The maximum atomic E-state index is 13.1. The van der Waals surface area contributed by atoms with Gasteiger partial charge in [-0.3, -0.25) is 4.72 Å². The number of alkyl halides is 3. The lowest BCUT2D eigenvalue weighted by molar-refractivity contribution is -0.163. The Hall–Kier alpha value is -2.68. The number of hydrogen-bond donors (Lipinski definition) is 2. The van der Waals surface area contributed by atoms with Crippen LogP contribution in [0.4, 0.5) is 18.9 Å². The highest BCUT2D eigenvalue weighted by molar-refractivity contribution is 7.92. The zero-order valence-electron chi connectivity index (χ0n) is 15.4. The Balaban J connectivity index is 2.11. The van der Waals surface area contributed by atoms with Crippen molar-refractivity contribution in [2.45, 2.75) is 26.1 Å². The molecule has 0 unspecified atom stereocenters. The van der Waals surface area contributed by atoms with E-state index >= 15 is 0 Å². The maximum Gasteiger partial charge on any atom is 0.408 e. The van der Waals surface area contributed by atoms with E-state index in [4.69, 9.17) is 0 Å². The number of sulfonamides is 1. The van der Waals surface area contributed by atoms with Crippen molar-refractivity contribution in [2.24, 2.45) is 0 Å². The van der Waals surface area contributed by atoms with Crippen LogP contribution in [0.1, 0.15) is 18.5 Å². The summed E-state index contributed by atoms with van der Waals surface area (Å²) in [5, 5.41) is 11.1. The second-order valence-corrected chi connectivity index (χ2v) is 8.54. The van der Waals surface area contributed by atoms with E-state index in [1.54, 1.807) is 43.3 Å². The summed E-state index contributed by atoms with van der Waals surface area (Å²) in [5.41, 5.74) is 2.37. The molecule has 3 rings (SSSR count). The quantitative estimate of drug-likeness (QED) is 0.646. The second kappa shape index (κ2) is 6.73. The van der Waals surface area contributed by atoms with Crippen LogP contribution in [0, 0.1) is 6.92 Å². The van der Waals surface area contributed by atoms with Crippen LogP contribution in [0.25, 0.3) is 21.9 Å². The molecular weight excluding hydrogens is 393 g/mol. The second-order valence-electron chi connectivity index (χ2n) is 6.79. The fourth-order valence-electron chi connectivity index (χ4n) is 3.16. The van der Waals surface area contributed by atoms with Gasteiger partial charge in [0.05, 0.1) is 6.26 Å². The molecule has 1 atom stereocenters. The van der Waals surface area contributed by atoms with E-state index in [0.717, 1.165) is 17.7 Å². The molecule has 1 aromatic heterocycles. The molecule has 0 fully saturated rings. The molecule has 150 valence electrons. The van der Waals surface area contributed by atoms with Crippen LogP contribution in [0.2, 0.25) is 0 Å². The Morgan fingerprint density at radius 1 is 1.14 bits per heavy atom. The number of nitrogens with zero attached hydrogens (tertiary/aromatic N) is 1. The van der Waals surface area contributed by atoms with Gasteiger partial charge in [-0.15, -0.1) is 0 Å². The Morgan fingerprint density at radius 2 is 1.82 bits per heavy atom. The Labute approximate surface area is 160 Å². The van der Waals surface area contributed by atoms with E-state index in [0.29, 0.717) is 33.2 Å². The van der Waals surface area contributed by atoms with Crippen LogP contribution in [0.3, 0.4) is 0 Å². The molecule has 28 heavy (non-hydrogen) atoms. The number of halogens is 3. The summed E-state index contributed by atoms with van der Waals surface area (Å²) in [6.45, 7) is 2.68. The first-order valence-corrected chi connectivity index (χ1v) is 10.2. The van der Waals surface area contributed by atoms with Gasteiger partial charge in [0.2, 0.25) is 10.0 Å². The molecule has 5 nitrogen and oxygen atoms in total. The lowest BCUT2D eigenvalue weighted by atomic mass is 9.99. The topological polar surface area (TPSA) is 71.3 Å². The Bertz CT molecular complexity index is 1150. The lowest BCUT2D eigenvalue weighted by Gasteiger charge is -2.18. The van der Waals surface area contributed by atoms with Gasteiger partial charge in [0.25, 0.3) is 0 Å². The first-order chi connectivity index (χ1) is 12.9. The minimum atomic E-state index is -4.49. The molecule has 0 saturated heterocycles. The number of aromatic nitrogens is 1. The van der Waals surface area contributed by atoms with Gasteiger partial charge in [-0.05, 0) is 48.7 Å². The number of hydrogen-bond acceptors (Lipinski definition) is 3. The largest absolute Gasteiger partial charge is 0.494 e. The van der Waals surface area contributed by atoms with Crippen molar-refractivity contribution in [3.8, 4) is 17.0 Å². The predicted octanol–water partition coefficient (Wildman–Crippen LogP) is 4.82. The third-order valence-electron chi connectivity index (χ3n) is 4.50. The summed E-state index contributed by atoms with van der Waals surface area (Å²) in [7, 11) is -3.44. The van der Waals surface area contributed by atoms with E-state index in [-0.39, 0.29) is 0 Å². The highest BCUT2D eigenvalue weighted by Crippen LogP contribution is 2.40. The molecule has 0 amide bonds. The SMILES string of the molecule is Cc1cc(-c2cccc(NS(C)(=O)=O)c2)cc2cn([C@@H](C)C(F)(F)F)c(O)c12. The van der Waals surface area contributed by atoms with Gasteiger partial charge in [0.15, 0.2) is 5.88 Å². The van der Waals surface area contributed by atoms with E-state index in [1.807, 2.05) is 0 Å². The molecule has 0 aliphatic rings. The van der Waals surface area contributed by atoms with Crippen LogP contribution in [-0.4, -0.2) is 30.5 Å². The number of aromatic hydroxyl groups is 1. The number of anilines is 1. The van der Waals surface area contributed by atoms with Gasteiger partial charge in [-0.25, -0.2) is 8.42 Å². The van der Waals surface area contributed by atoms with Crippen molar-refractivity contribution < 1.29 is 26.7 Å². The van der Waals surface area contributed by atoms with Gasteiger partial charge in [0.1, 0.15) is 6.04 Å². The van der Waals surface area contributed by atoms with E-state index < -0.39 is 28.1 Å². The summed E-state index contributed by atoms with van der Waals surface area (Å²) < 4.78 is 65.3. The molecule has 2 N–H and O–H groups in total. The van der Waals surface area contributed by atoms with Crippen molar-refractivity contribution in [1.29, 1.82) is 0 Å². The third kappa shape index (κ3) is 3.94. The number of rotatable bonds is 4. The molecule has 9 heteroatoms. The monoisotopic (exact) mass is 412 g/mol. The number of fused-ring (bicyclic) bond motifs is 1. The molecule has 0 spiro atoms. The molecule has 0 radical (unpaired) electrons.